The van der Waals surface area contributed by atoms with Crippen LogP contribution in [-0.2, 0) is 21.7 Å². The zero-order chi connectivity index (χ0) is 38.1. The molecule has 53 heavy (non-hydrogen) atoms. The normalized spacial score (nSPS) is 12.9. The Morgan fingerprint density at radius 2 is 1.19 bits per heavy atom. The quantitative estimate of drug-likeness (QED) is 0.132. The Balaban J connectivity index is 1.31. The second-order valence-corrected chi connectivity index (χ2v) is 18.7. The first-order chi connectivity index (χ1) is 24.8. The number of hydrogen-bond donors (Lipinski definition) is 0. The van der Waals surface area contributed by atoms with E-state index in [1.165, 1.54) is 27.6 Å². The number of para-hydroxylation sites is 1. The number of aromatic nitrogens is 4. The second kappa shape index (κ2) is 12.8. The molecule has 7 aromatic rings. The number of hydrogen-bond acceptors (Lipinski definition) is 2. The van der Waals surface area contributed by atoms with Crippen LogP contribution in [-0.4, -0.2) is 14.1 Å². The highest BCUT2D eigenvalue weighted by Crippen LogP contribution is 2.37. The van der Waals surface area contributed by atoms with Crippen molar-refractivity contribution in [3.63, 3.8) is 0 Å². The first-order valence-corrected chi connectivity index (χ1v) is 18.8. The Kier molecular flexibility index (Phi) is 8.71. The van der Waals surface area contributed by atoms with Gasteiger partial charge >= 0.3 is 0 Å². The molecule has 5 nitrogen and oxygen atoms in total. The molecule has 0 spiro atoms. The fourth-order valence-electron chi connectivity index (χ4n) is 6.84. The van der Waals surface area contributed by atoms with E-state index >= 15 is 0 Å². The van der Waals surface area contributed by atoms with Gasteiger partial charge in [0.15, 0.2) is 0 Å². The molecule has 0 unspecified atom stereocenters. The van der Waals surface area contributed by atoms with Gasteiger partial charge in [-0.1, -0.05) is 107 Å². The van der Waals surface area contributed by atoms with Gasteiger partial charge in [-0.25, -0.2) is 4.98 Å². The van der Waals surface area contributed by atoms with E-state index in [2.05, 4.69) is 207 Å². The predicted molar refractivity (Wildman–Crippen MR) is 220 cm³/mol. The standard InChI is InChI=1S/C48H54N4O/c1-45(2,3)32-19-20-49-44(28-32)52-42-16-14-13-15-40(42)41-18-17-38(30-43(41)52)53-39-27-35(48(10,11)12)26-37(29-39)51-22-21-50(31-51)36-24-33(46(4,5)6)23-34(25-36)47(7,8)9/h13-30H,1-12H3. The third-order valence-corrected chi connectivity index (χ3v) is 10.3. The summed E-state index contributed by atoms with van der Waals surface area (Å²) in [5, 5.41) is 2.35. The van der Waals surface area contributed by atoms with Crippen molar-refractivity contribution in [2.24, 2.45) is 0 Å². The minimum Gasteiger partial charge on any atom is -0.458 e. The molecule has 5 heteroatoms. The van der Waals surface area contributed by atoms with Crippen LogP contribution in [0.2, 0.25) is 0 Å². The van der Waals surface area contributed by atoms with Gasteiger partial charge in [-0.15, -0.1) is 0 Å². The van der Waals surface area contributed by atoms with Gasteiger partial charge in [0, 0.05) is 35.4 Å². The maximum absolute atomic E-state index is 6.78. The third kappa shape index (κ3) is 7.27. The van der Waals surface area contributed by atoms with Crippen LogP contribution in [0.25, 0.3) is 39.0 Å². The lowest BCUT2D eigenvalue weighted by molar-refractivity contribution is -0.599. The molecular formula is C48H54N4O. The summed E-state index contributed by atoms with van der Waals surface area (Å²) in [4.78, 5) is 4.86. The van der Waals surface area contributed by atoms with E-state index in [9.17, 15) is 0 Å². The first-order valence-electron chi connectivity index (χ1n) is 18.8. The zero-order valence-corrected chi connectivity index (χ0v) is 33.6. The van der Waals surface area contributed by atoms with Gasteiger partial charge in [0.25, 0.3) is 6.33 Å². The number of nitrogens with zero attached hydrogens (tertiary/aromatic N) is 4. The molecule has 0 aliphatic carbocycles. The van der Waals surface area contributed by atoms with Gasteiger partial charge in [-0.2, -0.15) is 0 Å². The Hall–Kier alpha value is -5.16. The minimum absolute atomic E-state index is 0.00273. The number of ether oxygens (including phenoxy) is 1. The summed E-state index contributed by atoms with van der Waals surface area (Å²) in [5.41, 5.74) is 9.28. The number of fused-ring (bicyclic) bond motifs is 3. The maximum atomic E-state index is 6.78. The summed E-state index contributed by atoms with van der Waals surface area (Å²) in [6.45, 7) is 27.1. The molecular weight excluding hydrogens is 649 g/mol. The molecule has 0 N–H and O–H groups in total. The summed E-state index contributed by atoms with van der Waals surface area (Å²) in [7, 11) is 0. The zero-order valence-electron chi connectivity index (χ0n) is 33.6. The highest BCUT2D eigenvalue weighted by Gasteiger charge is 2.23. The monoisotopic (exact) mass is 702 g/mol. The molecule has 0 bridgehead atoms. The van der Waals surface area contributed by atoms with Crippen LogP contribution < -0.4 is 9.30 Å². The van der Waals surface area contributed by atoms with Crippen LogP contribution in [0.15, 0.2) is 110 Å². The van der Waals surface area contributed by atoms with E-state index in [-0.39, 0.29) is 21.7 Å². The third-order valence-electron chi connectivity index (χ3n) is 10.3. The smallest absolute Gasteiger partial charge is 0.268 e. The number of imidazole rings is 1. The van der Waals surface area contributed by atoms with Gasteiger partial charge in [0.2, 0.25) is 0 Å². The number of rotatable bonds is 5. The largest absolute Gasteiger partial charge is 0.458 e. The molecule has 0 saturated carbocycles. The summed E-state index contributed by atoms with van der Waals surface area (Å²) < 4.78 is 13.2. The van der Waals surface area contributed by atoms with E-state index in [0.717, 1.165) is 45.1 Å². The molecule has 0 saturated heterocycles. The highest BCUT2D eigenvalue weighted by atomic mass is 16.5. The SMILES string of the molecule is CC(C)(C)c1cc(Oc2ccc3c4ccccc4n(-c4cc(C(C)(C)C)ccn4)c3c2)cc(-n2[c-][n+](-c3cc(C(C)(C)C)cc(C(C)(C)C)c3)cc2)c1. The molecule has 0 aliphatic rings. The van der Waals surface area contributed by atoms with Crippen LogP contribution in [0.4, 0.5) is 0 Å². The Bertz CT molecular complexity index is 2440. The lowest BCUT2D eigenvalue weighted by Gasteiger charge is -2.26. The van der Waals surface area contributed by atoms with Gasteiger partial charge in [-0.3, -0.25) is 13.7 Å². The predicted octanol–water partition coefficient (Wildman–Crippen LogP) is 12.0. The van der Waals surface area contributed by atoms with E-state index in [1.807, 2.05) is 6.20 Å². The molecule has 3 aromatic heterocycles. The average molecular weight is 703 g/mol. The van der Waals surface area contributed by atoms with Crippen molar-refractivity contribution < 1.29 is 9.30 Å². The summed E-state index contributed by atoms with van der Waals surface area (Å²) in [6, 6.07) is 32.7. The first kappa shape index (κ1) is 36.2. The molecule has 4 aromatic carbocycles. The molecule has 7 rings (SSSR count). The molecule has 0 atom stereocenters. The van der Waals surface area contributed by atoms with Gasteiger partial charge in [0.05, 0.1) is 22.4 Å². The van der Waals surface area contributed by atoms with Crippen molar-refractivity contribution in [1.29, 1.82) is 0 Å². The fraction of sp³-hybridized carbons (Fsp3) is 0.333. The number of benzene rings is 4. The van der Waals surface area contributed by atoms with Crippen molar-refractivity contribution >= 4 is 21.8 Å². The Morgan fingerprint density at radius 1 is 0.566 bits per heavy atom. The molecule has 3 heterocycles. The molecule has 0 amide bonds. The lowest BCUT2D eigenvalue weighted by Crippen LogP contribution is -2.30. The molecule has 272 valence electrons. The summed E-state index contributed by atoms with van der Waals surface area (Å²) in [5.74, 6) is 2.45. The van der Waals surface area contributed by atoms with Crippen molar-refractivity contribution in [2.75, 3.05) is 0 Å². The van der Waals surface area contributed by atoms with E-state index < -0.39 is 0 Å². The van der Waals surface area contributed by atoms with Crippen LogP contribution in [0.3, 0.4) is 0 Å². The Labute approximate surface area is 315 Å². The van der Waals surface area contributed by atoms with Crippen molar-refractivity contribution in [3.05, 3.63) is 138 Å². The average Bonchev–Trinajstić information content (AvgIpc) is 3.70. The topological polar surface area (TPSA) is 35.9 Å². The van der Waals surface area contributed by atoms with Gasteiger partial charge < -0.3 is 4.74 Å². The van der Waals surface area contributed by atoms with Crippen LogP contribution in [0.5, 0.6) is 11.5 Å². The van der Waals surface area contributed by atoms with E-state index in [1.54, 1.807) is 0 Å². The van der Waals surface area contributed by atoms with E-state index in [0.29, 0.717) is 0 Å². The molecule has 0 aliphatic heterocycles. The fourth-order valence-corrected chi connectivity index (χ4v) is 6.84. The van der Waals surface area contributed by atoms with E-state index in [4.69, 9.17) is 9.72 Å². The molecule has 0 fully saturated rings. The van der Waals surface area contributed by atoms with Crippen molar-refractivity contribution in [1.82, 2.24) is 14.1 Å². The maximum Gasteiger partial charge on any atom is 0.268 e. The van der Waals surface area contributed by atoms with Crippen molar-refractivity contribution in [2.45, 2.75) is 105 Å². The number of pyridine rings is 1. The Morgan fingerprint density at radius 3 is 1.85 bits per heavy atom. The molecule has 0 radical (unpaired) electrons. The van der Waals surface area contributed by atoms with Crippen LogP contribution in [0, 0.1) is 6.33 Å². The summed E-state index contributed by atoms with van der Waals surface area (Å²) >= 11 is 0. The van der Waals surface area contributed by atoms with Gasteiger partial charge in [-0.05, 0) is 105 Å². The van der Waals surface area contributed by atoms with Crippen LogP contribution in [0.1, 0.15) is 105 Å². The van der Waals surface area contributed by atoms with Gasteiger partial charge in [0.1, 0.15) is 17.3 Å². The summed E-state index contributed by atoms with van der Waals surface area (Å²) in [6.07, 6.45) is 9.71. The second-order valence-electron chi connectivity index (χ2n) is 18.7. The minimum atomic E-state index is -0.0972. The highest BCUT2D eigenvalue weighted by molar-refractivity contribution is 6.09. The lowest BCUT2D eigenvalue weighted by atomic mass is 9.80. The van der Waals surface area contributed by atoms with Crippen LogP contribution >= 0.6 is 0 Å². The van der Waals surface area contributed by atoms with Crippen molar-refractivity contribution in [3.8, 4) is 28.7 Å².